The number of hydroxylamine groups is 2. The summed E-state index contributed by atoms with van der Waals surface area (Å²) in [5.74, 6) is 0.788. The van der Waals surface area contributed by atoms with Crippen molar-refractivity contribution in [1.82, 2.24) is 10.1 Å². The van der Waals surface area contributed by atoms with Crippen LogP contribution in [0.5, 0.6) is 0 Å². The van der Waals surface area contributed by atoms with Gasteiger partial charge in [0.15, 0.2) is 0 Å². The molecule has 0 aromatic rings. The maximum atomic E-state index is 11.2. The van der Waals surface area contributed by atoms with Gasteiger partial charge in [0.05, 0.1) is 6.17 Å². The van der Waals surface area contributed by atoms with E-state index in [9.17, 15) is 10.4 Å². The largest absolute Gasteiger partial charge is 0.762 e. The van der Waals surface area contributed by atoms with E-state index in [4.69, 9.17) is 5.73 Å². The SMILES string of the molecule is CC1CCCN(CC2CCCCC2N([O-])O)C1N. The molecule has 1 heterocycles. The molecular formula is C13H26N3O2-. The summed E-state index contributed by atoms with van der Waals surface area (Å²) in [4.78, 5) is 2.31. The molecule has 2 aliphatic rings. The average molecular weight is 256 g/mol. The van der Waals surface area contributed by atoms with E-state index in [0.29, 0.717) is 5.92 Å². The summed E-state index contributed by atoms with van der Waals surface area (Å²) in [5, 5.41) is 20.6. The van der Waals surface area contributed by atoms with Crippen molar-refractivity contribution in [2.45, 2.75) is 57.7 Å². The number of piperidine rings is 1. The van der Waals surface area contributed by atoms with Crippen LogP contribution in [-0.2, 0) is 0 Å². The lowest BCUT2D eigenvalue weighted by atomic mass is 9.83. The molecule has 0 radical (unpaired) electrons. The van der Waals surface area contributed by atoms with Gasteiger partial charge < -0.3 is 16.1 Å². The van der Waals surface area contributed by atoms with Gasteiger partial charge in [0, 0.05) is 12.6 Å². The Morgan fingerprint density at radius 1 is 1.28 bits per heavy atom. The molecule has 1 aliphatic carbocycles. The van der Waals surface area contributed by atoms with Gasteiger partial charge in [-0.05, 0) is 44.1 Å². The number of likely N-dealkylation sites (tertiary alicyclic amines) is 1. The molecule has 18 heavy (non-hydrogen) atoms. The number of hydrogen-bond acceptors (Lipinski definition) is 5. The second-order valence-corrected chi connectivity index (χ2v) is 6.02. The third-order valence-electron chi connectivity index (χ3n) is 4.73. The van der Waals surface area contributed by atoms with Gasteiger partial charge >= 0.3 is 0 Å². The van der Waals surface area contributed by atoms with Crippen LogP contribution in [0.25, 0.3) is 0 Å². The molecule has 0 spiro atoms. The number of hydrogen-bond donors (Lipinski definition) is 2. The number of nitrogens with two attached hydrogens (primary N) is 1. The standard InChI is InChI=1S/C13H26N3O2/c1-10-5-4-8-15(13(10)14)9-11-6-2-3-7-12(11)16(17)18/h10-13,17H,2-9,14H2,1H3/q-1. The molecular weight excluding hydrogens is 230 g/mol. The summed E-state index contributed by atoms with van der Waals surface area (Å²) in [6.07, 6.45) is 6.54. The van der Waals surface area contributed by atoms with E-state index >= 15 is 0 Å². The Bertz CT molecular complexity index is 263. The highest BCUT2D eigenvalue weighted by atomic mass is 16.8. The Hall–Kier alpha value is -0.200. The highest BCUT2D eigenvalue weighted by molar-refractivity contribution is 4.86. The van der Waals surface area contributed by atoms with Crippen LogP contribution in [0, 0.1) is 17.0 Å². The van der Waals surface area contributed by atoms with Crippen LogP contribution in [0.2, 0.25) is 0 Å². The van der Waals surface area contributed by atoms with Crippen LogP contribution < -0.4 is 5.73 Å². The Labute approximate surface area is 109 Å². The lowest BCUT2D eigenvalue weighted by molar-refractivity contribution is -0.112. The molecule has 1 aliphatic heterocycles. The van der Waals surface area contributed by atoms with Gasteiger partial charge in [-0.1, -0.05) is 19.8 Å². The van der Waals surface area contributed by atoms with E-state index in [1.807, 2.05) is 0 Å². The normalized spacial score (nSPS) is 39.2. The van der Waals surface area contributed by atoms with Gasteiger partial charge in [0.25, 0.3) is 0 Å². The fourth-order valence-electron chi connectivity index (χ4n) is 3.50. The molecule has 106 valence electrons. The van der Waals surface area contributed by atoms with E-state index in [1.165, 1.54) is 12.8 Å². The van der Waals surface area contributed by atoms with Crippen LogP contribution in [-0.4, -0.2) is 40.6 Å². The van der Waals surface area contributed by atoms with Gasteiger partial charge in [-0.25, -0.2) is 0 Å². The van der Waals surface area contributed by atoms with E-state index in [0.717, 1.165) is 38.8 Å². The van der Waals surface area contributed by atoms with Crippen molar-refractivity contribution in [3.63, 3.8) is 0 Å². The lowest BCUT2D eigenvalue weighted by Gasteiger charge is -2.45. The molecule has 2 rings (SSSR count). The zero-order valence-electron chi connectivity index (χ0n) is 11.3. The minimum Gasteiger partial charge on any atom is -0.762 e. The molecule has 5 heteroatoms. The minimum absolute atomic E-state index is 0.111. The number of nitrogens with zero attached hydrogens (tertiary/aromatic N) is 2. The molecule has 5 nitrogen and oxygen atoms in total. The van der Waals surface area contributed by atoms with Crippen LogP contribution in [0.4, 0.5) is 0 Å². The lowest BCUT2D eigenvalue weighted by Crippen LogP contribution is -2.54. The topological polar surface area (TPSA) is 75.8 Å². The molecule has 1 saturated carbocycles. The summed E-state index contributed by atoms with van der Waals surface area (Å²) >= 11 is 0. The van der Waals surface area contributed by atoms with E-state index in [1.54, 1.807) is 0 Å². The Balaban J connectivity index is 1.93. The predicted molar refractivity (Wildman–Crippen MR) is 70.7 cm³/mol. The van der Waals surface area contributed by atoms with Crippen molar-refractivity contribution in [2.75, 3.05) is 13.1 Å². The molecule has 0 aromatic heterocycles. The zero-order valence-corrected chi connectivity index (χ0v) is 11.3. The summed E-state index contributed by atoms with van der Waals surface area (Å²) in [7, 11) is 0. The quantitative estimate of drug-likeness (QED) is 0.752. The Morgan fingerprint density at radius 3 is 2.72 bits per heavy atom. The van der Waals surface area contributed by atoms with E-state index < -0.39 is 0 Å². The first-order chi connectivity index (χ1) is 8.59. The van der Waals surface area contributed by atoms with Crippen molar-refractivity contribution in [3.8, 4) is 0 Å². The highest BCUT2D eigenvalue weighted by Crippen LogP contribution is 2.30. The highest BCUT2D eigenvalue weighted by Gasteiger charge is 2.32. The van der Waals surface area contributed by atoms with Crippen molar-refractivity contribution in [2.24, 2.45) is 17.6 Å². The van der Waals surface area contributed by atoms with Gasteiger partial charge in [0.1, 0.15) is 0 Å². The van der Waals surface area contributed by atoms with Gasteiger partial charge in [-0.2, -0.15) is 0 Å². The molecule has 0 amide bonds. The predicted octanol–water partition coefficient (Wildman–Crippen LogP) is 1.75. The first-order valence-corrected chi connectivity index (χ1v) is 7.24. The van der Waals surface area contributed by atoms with Gasteiger partial charge in [-0.15, -0.1) is 0 Å². The molecule has 1 saturated heterocycles. The second-order valence-electron chi connectivity index (χ2n) is 6.02. The van der Waals surface area contributed by atoms with Crippen molar-refractivity contribution < 1.29 is 5.21 Å². The molecule has 0 aromatic carbocycles. The monoisotopic (exact) mass is 256 g/mol. The smallest absolute Gasteiger partial charge is 0.0598 e. The summed E-state index contributed by atoms with van der Waals surface area (Å²) in [6.45, 7) is 4.08. The fraction of sp³-hybridized carbons (Fsp3) is 1.00. The molecule has 0 bridgehead atoms. The van der Waals surface area contributed by atoms with Crippen LogP contribution in [0.1, 0.15) is 45.4 Å². The molecule has 4 atom stereocenters. The second kappa shape index (κ2) is 6.30. The molecule has 3 N–H and O–H groups in total. The van der Waals surface area contributed by atoms with Crippen molar-refractivity contribution in [1.29, 1.82) is 0 Å². The van der Waals surface area contributed by atoms with Gasteiger partial charge in [0.2, 0.25) is 0 Å². The molecule has 2 fully saturated rings. The van der Waals surface area contributed by atoms with Crippen molar-refractivity contribution >= 4 is 0 Å². The maximum absolute atomic E-state index is 11.2. The zero-order chi connectivity index (χ0) is 13.1. The fourth-order valence-corrected chi connectivity index (χ4v) is 3.50. The third kappa shape index (κ3) is 3.22. The number of rotatable bonds is 3. The first-order valence-electron chi connectivity index (χ1n) is 7.24. The third-order valence-corrected chi connectivity index (χ3v) is 4.73. The van der Waals surface area contributed by atoms with E-state index in [2.05, 4.69) is 11.8 Å². The summed E-state index contributed by atoms with van der Waals surface area (Å²) in [6, 6.07) is -0.233. The van der Waals surface area contributed by atoms with Crippen molar-refractivity contribution in [3.05, 3.63) is 5.21 Å². The summed E-state index contributed by atoms with van der Waals surface area (Å²) in [5.41, 5.74) is 6.23. The van der Waals surface area contributed by atoms with Gasteiger partial charge in [-0.3, -0.25) is 10.1 Å². The summed E-state index contributed by atoms with van der Waals surface area (Å²) < 4.78 is 0. The average Bonchev–Trinajstić information content (AvgIpc) is 2.35. The van der Waals surface area contributed by atoms with Crippen LogP contribution >= 0.6 is 0 Å². The molecule has 4 unspecified atom stereocenters. The Kier molecular flexibility index (Phi) is 4.98. The Morgan fingerprint density at radius 2 is 2.00 bits per heavy atom. The van der Waals surface area contributed by atoms with Crippen LogP contribution in [0.3, 0.4) is 0 Å². The minimum atomic E-state index is -0.233. The maximum Gasteiger partial charge on any atom is 0.0598 e. The van der Waals surface area contributed by atoms with Crippen LogP contribution in [0.15, 0.2) is 0 Å². The first kappa shape index (κ1) is 14.2. The van der Waals surface area contributed by atoms with E-state index in [-0.39, 0.29) is 23.4 Å².